The number of hydrogen-bond acceptors (Lipinski definition) is 4. The van der Waals surface area contributed by atoms with Crippen LogP contribution in [0.5, 0.6) is 0 Å². The molecule has 5 nitrogen and oxygen atoms in total. The van der Waals surface area contributed by atoms with Gasteiger partial charge < -0.3 is 15.4 Å². The normalized spacial score (nSPS) is 49.0. The molecule has 0 saturated heterocycles. The van der Waals surface area contributed by atoms with Crippen LogP contribution in [0.2, 0.25) is 0 Å². The zero-order valence-electron chi connectivity index (χ0n) is 23.1. The molecule has 0 aromatic heterocycles. The fourth-order valence-corrected chi connectivity index (χ4v) is 10.5. The lowest BCUT2D eigenvalue weighted by atomic mass is 9.33. The van der Waals surface area contributed by atoms with E-state index in [0.717, 1.165) is 57.8 Å². The second-order valence-corrected chi connectivity index (χ2v) is 13.0. The van der Waals surface area contributed by atoms with Crippen LogP contribution in [0.25, 0.3) is 0 Å². The molecule has 8 unspecified atom stereocenters. The fourth-order valence-electron chi connectivity index (χ4n) is 10.5. The molecule has 9 atom stereocenters. The van der Waals surface area contributed by atoms with Crippen molar-refractivity contribution >= 4 is 11.7 Å². The van der Waals surface area contributed by atoms with Crippen LogP contribution in [0.15, 0.2) is 17.8 Å². The fraction of sp³-hybridized carbons (Fsp3) is 0.867. The molecule has 0 aromatic rings. The van der Waals surface area contributed by atoms with Crippen LogP contribution in [0.3, 0.4) is 0 Å². The summed E-state index contributed by atoms with van der Waals surface area (Å²) in [6.07, 6.45) is 13.9. The minimum absolute atomic E-state index is 0.256. The predicted octanol–water partition coefficient (Wildman–Crippen LogP) is 7.17. The maximum Gasteiger partial charge on any atom is 0.309 e. The molecule has 5 saturated carbocycles. The van der Waals surface area contributed by atoms with E-state index in [1.165, 1.54) is 25.7 Å². The standard InChI is InChI=1S/C26H41NO3.C3H6.CH4O/c1-16-17-9-13-25(4)21(23(17,2)12-10-20(16)27-30)8-7-18-19-6-5-11-26(19,22(28)29)15-14-24(18,25)3;1-3-2;1-2/h16-19,21,30H,5-15H2,1-4H3,(H,28,29);3H,1H2,2H3;2H,1H3/b27-20+;;/t16?,17?,18?,19?,21?,23?,24-,25?,26?;;/m1../s1. The van der Waals surface area contributed by atoms with Crippen LogP contribution in [0.4, 0.5) is 0 Å². The molecule has 0 radical (unpaired) electrons. The molecule has 3 N–H and O–H groups in total. The Balaban J connectivity index is 0.000000638. The Kier molecular flexibility index (Phi) is 8.21. The van der Waals surface area contributed by atoms with E-state index in [1.807, 2.05) is 6.92 Å². The van der Waals surface area contributed by atoms with Gasteiger partial charge in [0.05, 0.1) is 11.1 Å². The van der Waals surface area contributed by atoms with Gasteiger partial charge in [-0.15, -0.1) is 6.58 Å². The maximum absolute atomic E-state index is 12.4. The molecular formula is C30H51NO4. The number of carboxylic acid groups (broad SMARTS) is 1. The van der Waals surface area contributed by atoms with Gasteiger partial charge in [0.2, 0.25) is 0 Å². The molecule has 35 heavy (non-hydrogen) atoms. The summed E-state index contributed by atoms with van der Waals surface area (Å²) in [5.74, 6) is 2.14. The Morgan fingerprint density at radius 2 is 1.60 bits per heavy atom. The number of nitrogens with zero attached hydrogens (tertiary/aromatic N) is 1. The highest BCUT2D eigenvalue weighted by molar-refractivity contribution is 5.87. The summed E-state index contributed by atoms with van der Waals surface area (Å²) in [6, 6.07) is 0. The average Bonchev–Trinajstić information content (AvgIpc) is 3.27. The van der Waals surface area contributed by atoms with Gasteiger partial charge in [0.1, 0.15) is 0 Å². The molecule has 0 heterocycles. The molecule has 5 aliphatic carbocycles. The van der Waals surface area contributed by atoms with Gasteiger partial charge >= 0.3 is 5.97 Å². The molecule has 200 valence electrons. The van der Waals surface area contributed by atoms with Crippen molar-refractivity contribution < 1.29 is 20.2 Å². The lowest BCUT2D eigenvalue weighted by molar-refractivity contribution is -0.223. The molecule has 0 amide bonds. The van der Waals surface area contributed by atoms with Gasteiger partial charge in [0, 0.05) is 13.0 Å². The van der Waals surface area contributed by atoms with Crippen LogP contribution in [0.1, 0.15) is 105 Å². The smallest absolute Gasteiger partial charge is 0.309 e. The number of aliphatic hydroxyl groups is 1. The van der Waals surface area contributed by atoms with E-state index in [-0.39, 0.29) is 5.41 Å². The van der Waals surface area contributed by atoms with Crippen molar-refractivity contribution in [3.05, 3.63) is 12.7 Å². The average molecular weight is 490 g/mol. The topological polar surface area (TPSA) is 90.1 Å². The molecule has 0 aromatic carbocycles. The third kappa shape index (κ3) is 3.90. The summed E-state index contributed by atoms with van der Waals surface area (Å²) in [7, 11) is 1.00. The number of fused-ring (bicyclic) bond motifs is 7. The van der Waals surface area contributed by atoms with E-state index in [0.29, 0.717) is 40.4 Å². The molecule has 0 bridgehead atoms. The van der Waals surface area contributed by atoms with E-state index in [4.69, 9.17) is 5.11 Å². The maximum atomic E-state index is 12.4. The molecule has 5 fully saturated rings. The van der Waals surface area contributed by atoms with E-state index in [9.17, 15) is 15.1 Å². The number of rotatable bonds is 1. The molecular weight excluding hydrogens is 438 g/mol. The summed E-state index contributed by atoms with van der Waals surface area (Å²) in [5.41, 5.74) is 1.44. The van der Waals surface area contributed by atoms with Crippen molar-refractivity contribution in [3.63, 3.8) is 0 Å². The van der Waals surface area contributed by atoms with Crippen LogP contribution in [-0.2, 0) is 4.79 Å². The Bertz CT molecular complexity index is 825. The highest BCUT2D eigenvalue weighted by Gasteiger charge is 2.69. The summed E-state index contributed by atoms with van der Waals surface area (Å²) in [6.45, 7) is 15.2. The zero-order chi connectivity index (χ0) is 26.2. The van der Waals surface area contributed by atoms with Crippen molar-refractivity contribution in [2.24, 2.45) is 56.4 Å². The monoisotopic (exact) mass is 489 g/mol. The number of allylic oxidation sites excluding steroid dienone is 1. The van der Waals surface area contributed by atoms with Crippen molar-refractivity contribution in [3.8, 4) is 0 Å². The van der Waals surface area contributed by atoms with E-state index in [1.54, 1.807) is 6.08 Å². The van der Waals surface area contributed by atoms with Crippen LogP contribution in [-0.4, -0.2) is 34.2 Å². The molecule has 5 heteroatoms. The summed E-state index contributed by atoms with van der Waals surface area (Å²) < 4.78 is 0. The Morgan fingerprint density at radius 1 is 0.943 bits per heavy atom. The Hall–Kier alpha value is -1.36. The predicted molar refractivity (Wildman–Crippen MR) is 142 cm³/mol. The third-order valence-corrected chi connectivity index (χ3v) is 12.3. The van der Waals surface area contributed by atoms with Gasteiger partial charge in [-0.3, -0.25) is 4.79 Å². The largest absolute Gasteiger partial charge is 0.481 e. The van der Waals surface area contributed by atoms with Gasteiger partial charge in [0.25, 0.3) is 0 Å². The van der Waals surface area contributed by atoms with Crippen molar-refractivity contribution in [2.75, 3.05) is 7.11 Å². The number of carboxylic acids is 1. The number of aliphatic hydroxyl groups excluding tert-OH is 1. The second-order valence-electron chi connectivity index (χ2n) is 13.0. The first-order chi connectivity index (χ1) is 16.6. The van der Waals surface area contributed by atoms with Crippen LogP contribution < -0.4 is 0 Å². The number of carbonyl (C=O) groups is 1. The molecule has 0 aliphatic heterocycles. The van der Waals surface area contributed by atoms with Crippen molar-refractivity contribution in [2.45, 2.75) is 105 Å². The lowest BCUT2D eigenvalue weighted by Crippen LogP contribution is -2.65. The van der Waals surface area contributed by atoms with E-state index in [2.05, 4.69) is 39.4 Å². The lowest BCUT2D eigenvalue weighted by Gasteiger charge is -2.71. The van der Waals surface area contributed by atoms with Gasteiger partial charge in [-0.25, -0.2) is 0 Å². The Morgan fingerprint density at radius 3 is 2.20 bits per heavy atom. The minimum atomic E-state index is -0.507. The number of aliphatic carboxylic acids is 1. The van der Waals surface area contributed by atoms with Crippen molar-refractivity contribution in [1.29, 1.82) is 0 Å². The number of oxime groups is 1. The van der Waals surface area contributed by atoms with Gasteiger partial charge in [-0.1, -0.05) is 45.3 Å². The zero-order valence-corrected chi connectivity index (χ0v) is 23.1. The van der Waals surface area contributed by atoms with Crippen LogP contribution >= 0.6 is 0 Å². The first kappa shape index (κ1) is 28.2. The molecule has 5 aliphatic rings. The van der Waals surface area contributed by atoms with Gasteiger partial charge in [-0.05, 0) is 111 Å². The quantitative estimate of drug-likeness (QED) is 0.207. The van der Waals surface area contributed by atoms with Gasteiger partial charge in [0.15, 0.2) is 0 Å². The second kappa shape index (κ2) is 10.2. The minimum Gasteiger partial charge on any atom is -0.481 e. The summed E-state index contributed by atoms with van der Waals surface area (Å²) in [5, 5.41) is 30.4. The highest BCUT2D eigenvalue weighted by atomic mass is 16.4. The first-order valence-electron chi connectivity index (χ1n) is 14.0. The van der Waals surface area contributed by atoms with E-state index >= 15 is 0 Å². The number of hydrogen-bond donors (Lipinski definition) is 3. The summed E-state index contributed by atoms with van der Waals surface area (Å²) in [4.78, 5) is 12.4. The third-order valence-electron chi connectivity index (χ3n) is 12.3. The molecule has 5 rings (SSSR count). The van der Waals surface area contributed by atoms with Crippen LogP contribution in [0, 0.1) is 51.2 Å². The van der Waals surface area contributed by atoms with E-state index < -0.39 is 11.4 Å². The highest BCUT2D eigenvalue weighted by Crippen LogP contribution is 2.75. The van der Waals surface area contributed by atoms with Crippen molar-refractivity contribution in [1.82, 2.24) is 0 Å². The molecule has 0 spiro atoms. The Labute approximate surface area is 213 Å². The first-order valence-corrected chi connectivity index (χ1v) is 14.0. The summed E-state index contributed by atoms with van der Waals surface area (Å²) >= 11 is 0. The SMILES string of the molecule is C=CC.CC1/C(=N/O)CCC2(C)C1CCC1(C)C2CCC2C3CCCC3(C(=O)O)CC[C@]21C.CO. The van der Waals surface area contributed by atoms with Gasteiger partial charge in [-0.2, -0.15) is 0 Å².